The Morgan fingerprint density at radius 2 is 2.44 bits per heavy atom. The van der Waals surface area contributed by atoms with Gasteiger partial charge in [0.2, 0.25) is 0 Å². The normalized spacial score (nSPS) is 24.2. The van der Waals surface area contributed by atoms with E-state index in [0.29, 0.717) is 0 Å². The third kappa shape index (κ3) is 1.74. The number of hydrogen-bond acceptors (Lipinski definition) is 4. The fourth-order valence-corrected chi connectivity index (χ4v) is 1.82. The van der Waals surface area contributed by atoms with Gasteiger partial charge in [-0.05, 0) is 13.0 Å². The highest BCUT2D eigenvalue weighted by Gasteiger charge is 2.22. The van der Waals surface area contributed by atoms with Gasteiger partial charge >= 0.3 is 0 Å². The fraction of sp³-hybridized carbons (Fsp3) is 0.250. The Kier molecular flexibility index (Phi) is 2.81. The summed E-state index contributed by atoms with van der Waals surface area (Å²) < 4.78 is 0. The van der Waals surface area contributed by atoms with E-state index in [1.54, 1.807) is 19.5 Å². The van der Waals surface area contributed by atoms with Crippen molar-refractivity contribution in [3.05, 3.63) is 47.6 Å². The van der Waals surface area contributed by atoms with Crippen LogP contribution in [-0.2, 0) is 0 Å². The Bertz CT molecular complexity index is 426. The first kappa shape index (κ1) is 10.5. The molecule has 4 heteroatoms. The molecule has 0 spiro atoms. The van der Waals surface area contributed by atoms with Crippen LogP contribution in [0.5, 0.6) is 0 Å². The molecule has 16 heavy (non-hydrogen) atoms. The molecular weight excluding hydrogens is 200 g/mol. The van der Waals surface area contributed by atoms with Gasteiger partial charge < -0.3 is 16.0 Å². The van der Waals surface area contributed by atoms with Crippen molar-refractivity contribution in [1.29, 1.82) is 0 Å². The molecule has 0 amide bonds. The first-order valence-corrected chi connectivity index (χ1v) is 5.22. The molecule has 2 rings (SSSR count). The summed E-state index contributed by atoms with van der Waals surface area (Å²) >= 11 is 0. The van der Waals surface area contributed by atoms with Crippen molar-refractivity contribution < 1.29 is 0 Å². The summed E-state index contributed by atoms with van der Waals surface area (Å²) in [6.45, 7) is 2.07. The molecule has 2 aliphatic rings. The first-order chi connectivity index (χ1) is 7.76. The second-order valence-corrected chi connectivity index (χ2v) is 3.76. The van der Waals surface area contributed by atoms with Crippen LogP contribution in [0.25, 0.3) is 0 Å². The van der Waals surface area contributed by atoms with Gasteiger partial charge in [0.05, 0.1) is 0 Å². The minimum atomic E-state index is 0.237. The van der Waals surface area contributed by atoms with E-state index >= 15 is 0 Å². The molecule has 2 heterocycles. The van der Waals surface area contributed by atoms with Crippen LogP contribution >= 0.6 is 0 Å². The summed E-state index contributed by atoms with van der Waals surface area (Å²) in [4.78, 5) is 6.16. The van der Waals surface area contributed by atoms with Gasteiger partial charge in [-0.1, -0.05) is 6.08 Å². The lowest BCUT2D eigenvalue weighted by Crippen LogP contribution is -2.33. The lowest BCUT2D eigenvalue weighted by Gasteiger charge is -2.26. The van der Waals surface area contributed by atoms with Crippen LogP contribution in [-0.4, -0.2) is 24.3 Å². The van der Waals surface area contributed by atoms with Gasteiger partial charge in [-0.15, -0.1) is 0 Å². The number of aliphatic imine (C=N–C) groups is 1. The number of rotatable bonds is 2. The summed E-state index contributed by atoms with van der Waals surface area (Å²) in [6.07, 6.45) is 11.8. The molecule has 4 nitrogen and oxygen atoms in total. The molecule has 0 bridgehead atoms. The molecule has 0 fully saturated rings. The Morgan fingerprint density at radius 3 is 3.12 bits per heavy atom. The van der Waals surface area contributed by atoms with Crippen molar-refractivity contribution >= 4 is 6.21 Å². The van der Waals surface area contributed by atoms with Crippen LogP contribution in [0, 0.1) is 0 Å². The van der Waals surface area contributed by atoms with Crippen LogP contribution in [0.3, 0.4) is 0 Å². The molecule has 0 saturated carbocycles. The average Bonchev–Trinajstić information content (AvgIpc) is 2.68. The van der Waals surface area contributed by atoms with Crippen molar-refractivity contribution in [2.75, 3.05) is 7.05 Å². The third-order valence-corrected chi connectivity index (χ3v) is 2.69. The van der Waals surface area contributed by atoms with E-state index in [1.807, 2.05) is 6.20 Å². The predicted octanol–water partition coefficient (Wildman–Crippen LogP) is 1.08. The number of nitrogens with two attached hydrogens (primary N) is 1. The lowest BCUT2D eigenvalue weighted by atomic mass is 10.1. The molecule has 0 aromatic heterocycles. The summed E-state index contributed by atoms with van der Waals surface area (Å²) in [5.41, 5.74) is 8.77. The second kappa shape index (κ2) is 4.26. The fourth-order valence-electron chi connectivity index (χ4n) is 1.82. The Morgan fingerprint density at radius 1 is 1.62 bits per heavy atom. The van der Waals surface area contributed by atoms with E-state index < -0.39 is 0 Å². The highest BCUT2D eigenvalue weighted by Crippen LogP contribution is 2.24. The molecular formula is C12H16N4. The second-order valence-electron chi connectivity index (χ2n) is 3.76. The smallest absolute Gasteiger partial charge is 0.122 e. The number of nitrogens with one attached hydrogen (secondary N) is 1. The topological polar surface area (TPSA) is 53.6 Å². The molecule has 84 valence electrons. The zero-order valence-electron chi connectivity index (χ0n) is 9.51. The molecule has 2 aliphatic heterocycles. The van der Waals surface area contributed by atoms with Gasteiger partial charge in [-0.25, -0.2) is 0 Å². The van der Waals surface area contributed by atoms with E-state index in [1.165, 1.54) is 5.70 Å². The Hall–Kier alpha value is -1.97. The van der Waals surface area contributed by atoms with Crippen LogP contribution in [0.4, 0.5) is 0 Å². The van der Waals surface area contributed by atoms with Crippen LogP contribution in [0.15, 0.2) is 52.6 Å². The zero-order valence-corrected chi connectivity index (χ0v) is 9.51. The van der Waals surface area contributed by atoms with Gasteiger partial charge in [-0.3, -0.25) is 4.99 Å². The van der Waals surface area contributed by atoms with Crippen molar-refractivity contribution in [2.24, 2.45) is 10.7 Å². The van der Waals surface area contributed by atoms with E-state index in [4.69, 9.17) is 5.73 Å². The standard InChI is InChI=1S/C12H16N4/c1-9-6-15-12-4-3-10(8-16(9)12)11(5-13)7-14-2/h3-8,12,15H,13H2,1-2H3. The van der Waals surface area contributed by atoms with E-state index in [9.17, 15) is 0 Å². The van der Waals surface area contributed by atoms with Crippen LogP contribution in [0.1, 0.15) is 6.92 Å². The van der Waals surface area contributed by atoms with E-state index in [2.05, 4.69) is 40.5 Å². The van der Waals surface area contributed by atoms with Crippen LogP contribution < -0.4 is 11.1 Å². The predicted molar refractivity (Wildman–Crippen MR) is 66.4 cm³/mol. The first-order valence-electron chi connectivity index (χ1n) is 5.22. The lowest BCUT2D eigenvalue weighted by molar-refractivity contribution is 0.399. The minimum absolute atomic E-state index is 0.237. The maximum atomic E-state index is 5.58. The van der Waals surface area contributed by atoms with E-state index in [0.717, 1.165) is 11.1 Å². The van der Waals surface area contributed by atoms with Gasteiger partial charge in [0.1, 0.15) is 6.17 Å². The highest BCUT2D eigenvalue weighted by molar-refractivity contribution is 5.85. The Labute approximate surface area is 95.5 Å². The minimum Gasteiger partial charge on any atom is -0.404 e. The van der Waals surface area contributed by atoms with Gasteiger partial charge in [0.15, 0.2) is 0 Å². The van der Waals surface area contributed by atoms with Crippen molar-refractivity contribution in [3.63, 3.8) is 0 Å². The summed E-state index contributed by atoms with van der Waals surface area (Å²) in [5, 5.41) is 3.27. The average molecular weight is 216 g/mol. The molecule has 1 atom stereocenters. The Balaban J connectivity index is 2.28. The van der Waals surface area contributed by atoms with Crippen LogP contribution in [0.2, 0.25) is 0 Å². The number of nitrogens with zero attached hydrogens (tertiary/aromatic N) is 2. The maximum Gasteiger partial charge on any atom is 0.122 e. The third-order valence-electron chi connectivity index (χ3n) is 2.69. The summed E-state index contributed by atoms with van der Waals surface area (Å²) in [7, 11) is 1.74. The molecule has 0 radical (unpaired) electrons. The SMILES string of the molecule is CN=CC(=CN)C1=CN2C(C)=CNC2C=C1. The maximum absolute atomic E-state index is 5.58. The molecule has 1 unspecified atom stereocenters. The summed E-state index contributed by atoms with van der Waals surface area (Å²) in [5.74, 6) is 0. The van der Waals surface area contributed by atoms with E-state index in [-0.39, 0.29) is 6.17 Å². The van der Waals surface area contributed by atoms with Gasteiger partial charge in [0, 0.05) is 48.7 Å². The van der Waals surface area contributed by atoms with Gasteiger partial charge in [0.25, 0.3) is 0 Å². The van der Waals surface area contributed by atoms with Crippen molar-refractivity contribution in [3.8, 4) is 0 Å². The molecule has 0 aromatic rings. The van der Waals surface area contributed by atoms with Gasteiger partial charge in [-0.2, -0.15) is 0 Å². The molecule has 0 saturated heterocycles. The monoisotopic (exact) mass is 216 g/mol. The highest BCUT2D eigenvalue weighted by atomic mass is 15.3. The van der Waals surface area contributed by atoms with Crippen molar-refractivity contribution in [1.82, 2.24) is 10.2 Å². The summed E-state index contributed by atoms with van der Waals surface area (Å²) in [6, 6.07) is 0. The largest absolute Gasteiger partial charge is 0.404 e. The molecule has 0 aromatic carbocycles. The molecule has 0 aliphatic carbocycles. The quantitative estimate of drug-likeness (QED) is 0.679. The zero-order chi connectivity index (χ0) is 11.5. The number of hydrogen-bond donors (Lipinski definition) is 2. The number of allylic oxidation sites excluding steroid dienone is 4. The molecule has 3 N–H and O–H groups in total. The number of fused-ring (bicyclic) bond motifs is 1. The van der Waals surface area contributed by atoms with Crippen molar-refractivity contribution in [2.45, 2.75) is 13.1 Å².